The maximum absolute atomic E-state index is 13.1. The molecule has 0 saturated heterocycles. The van der Waals surface area contributed by atoms with E-state index < -0.39 is 0 Å². The zero-order valence-corrected chi connectivity index (χ0v) is 13.2. The van der Waals surface area contributed by atoms with Gasteiger partial charge in [0.2, 0.25) is 0 Å². The molecule has 0 fully saturated rings. The van der Waals surface area contributed by atoms with Crippen LogP contribution in [0.25, 0.3) is 39.1 Å². The minimum atomic E-state index is -0.280. The number of H-pyrrole nitrogens is 1. The number of methoxy groups -OCH3 is 1. The number of nitrogens with zero attached hydrogens (tertiary/aromatic N) is 4. The molecule has 0 spiro atoms. The topological polar surface area (TPSA) is 68.1 Å². The fourth-order valence-electron chi connectivity index (χ4n) is 2.93. The van der Waals surface area contributed by atoms with E-state index in [1.54, 1.807) is 30.0 Å². The minimum Gasteiger partial charge on any atom is -0.497 e. The Hall–Kier alpha value is -3.48. The lowest BCUT2D eigenvalue weighted by Crippen LogP contribution is -1.93. The van der Waals surface area contributed by atoms with Gasteiger partial charge in [-0.25, -0.2) is 13.9 Å². The summed E-state index contributed by atoms with van der Waals surface area (Å²) in [6, 6.07) is 11.9. The molecule has 122 valence electrons. The molecule has 0 aliphatic heterocycles. The molecule has 5 rings (SSSR count). The van der Waals surface area contributed by atoms with Crippen LogP contribution < -0.4 is 4.74 Å². The van der Waals surface area contributed by atoms with Gasteiger partial charge in [0.1, 0.15) is 17.1 Å². The van der Waals surface area contributed by atoms with Gasteiger partial charge in [-0.2, -0.15) is 10.1 Å². The average molecular weight is 333 g/mol. The maximum Gasteiger partial charge on any atom is 0.253 e. The summed E-state index contributed by atoms with van der Waals surface area (Å²) in [6.07, 6.45) is 1.79. The highest BCUT2D eigenvalue weighted by molar-refractivity contribution is 6.04. The van der Waals surface area contributed by atoms with E-state index in [-0.39, 0.29) is 5.82 Å². The Morgan fingerprint density at radius 2 is 1.92 bits per heavy atom. The summed E-state index contributed by atoms with van der Waals surface area (Å²) in [5.41, 5.74) is 3.83. The van der Waals surface area contributed by atoms with Crippen molar-refractivity contribution in [3.8, 4) is 17.0 Å². The van der Waals surface area contributed by atoms with Gasteiger partial charge in [-0.05, 0) is 42.5 Å². The molecule has 6 nitrogen and oxygen atoms in total. The number of aromatic nitrogens is 5. The molecule has 0 amide bonds. The van der Waals surface area contributed by atoms with Gasteiger partial charge in [0.25, 0.3) is 5.78 Å². The number of halogens is 1. The molecule has 3 aromatic heterocycles. The Kier molecular flexibility index (Phi) is 2.79. The normalized spacial score (nSPS) is 11.6. The van der Waals surface area contributed by atoms with Gasteiger partial charge in [0.15, 0.2) is 5.65 Å². The van der Waals surface area contributed by atoms with E-state index >= 15 is 0 Å². The van der Waals surface area contributed by atoms with E-state index in [0.29, 0.717) is 17.1 Å². The van der Waals surface area contributed by atoms with Gasteiger partial charge in [-0.3, -0.25) is 0 Å². The highest BCUT2D eigenvalue weighted by atomic mass is 19.1. The van der Waals surface area contributed by atoms with Gasteiger partial charge in [0, 0.05) is 16.5 Å². The van der Waals surface area contributed by atoms with E-state index in [2.05, 4.69) is 20.1 Å². The highest BCUT2D eigenvalue weighted by Crippen LogP contribution is 2.27. The molecule has 7 heteroatoms. The lowest BCUT2D eigenvalue weighted by molar-refractivity contribution is 0.415. The van der Waals surface area contributed by atoms with Crippen LogP contribution in [0.5, 0.6) is 5.75 Å². The Morgan fingerprint density at radius 1 is 1.08 bits per heavy atom. The molecule has 0 atom stereocenters. The molecule has 5 aromatic rings. The van der Waals surface area contributed by atoms with Gasteiger partial charge < -0.3 is 9.72 Å². The number of ether oxygens (including phenoxy) is 1. The van der Waals surface area contributed by atoms with E-state index in [4.69, 9.17) is 4.74 Å². The highest BCUT2D eigenvalue weighted by Gasteiger charge is 2.12. The van der Waals surface area contributed by atoms with Gasteiger partial charge in [-0.15, -0.1) is 0 Å². The van der Waals surface area contributed by atoms with E-state index in [1.807, 2.05) is 18.2 Å². The van der Waals surface area contributed by atoms with Gasteiger partial charge in [0.05, 0.1) is 19.0 Å². The van der Waals surface area contributed by atoms with Crippen LogP contribution in [-0.4, -0.2) is 31.7 Å². The first-order valence-electron chi connectivity index (χ1n) is 7.70. The molecule has 0 aliphatic rings. The summed E-state index contributed by atoms with van der Waals surface area (Å²) >= 11 is 0. The van der Waals surface area contributed by atoms with Crippen LogP contribution in [0, 0.1) is 5.82 Å². The quantitative estimate of drug-likeness (QED) is 0.536. The lowest BCUT2D eigenvalue weighted by Gasteiger charge is -1.98. The number of benzene rings is 2. The Balaban J connectivity index is 1.73. The van der Waals surface area contributed by atoms with Gasteiger partial charge >= 0.3 is 0 Å². The summed E-state index contributed by atoms with van der Waals surface area (Å²) < 4.78 is 20.0. The van der Waals surface area contributed by atoms with Gasteiger partial charge in [-0.1, -0.05) is 0 Å². The number of aromatic amines is 1. The smallest absolute Gasteiger partial charge is 0.253 e. The van der Waals surface area contributed by atoms with Crippen molar-refractivity contribution in [3.05, 3.63) is 54.5 Å². The third kappa shape index (κ3) is 2.13. The largest absolute Gasteiger partial charge is 0.497 e. The van der Waals surface area contributed by atoms with Crippen molar-refractivity contribution in [2.45, 2.75) is 0 Å². The van der Waals surface area contributed by atoms with Crippen molar-refractivity contribution < 1.29 is 9.13 Å². The molecular formula is C18H12FN5O. The van der Waals surface area contributed by atoms with Crippen LogP contribution in [0.3, 0.4) is 0 Å². The molecule has 1 N–H and O–H groups in total. The van der Waals surface area contributed by atoms with Crippen molar-refractivity contribution in [1.82, 2.24) is 24.6 Å². The minimum absolute atomic E-state index is 0.280. The monoisotopic (exact) mass is 333 g/mol. The fraction of sp³-hybridized carbons (Fsp3) is 0.0556. The molecule has 0 unspecified atom stereocenters. The Morgan fingerprint density at radius 3 is 2.72 bits per heavy atom. The van der Waals surface area contributed by atoms with Crippen molar-refractivity contribution in [3.63, 3.8) is 0 Å². The number of rotatable bonds is 2. The number of imidazole rings is 1. The first kappa shape index (κ1) is 13.9. The number of nitrogens with one attached hydrogen (secondary N) is 1. The average Bonchev–Trinajstić information content (AvgIpc) is 3.20. The second kappa shape index (κ2) is 5.01. The standard InChI is InChI=1S/C18H12FN5O/c1-25-12-6-7-14-13(8-12)16-17(20-14)22-18-21-15(9-24(18)23-16)10-2-4-11(19)5-3-10/h2-9H,1H3,(H,20,21,22). The summed E-state index contributed by atoms with van der Waals surface area (Å²) in [7, 11) is 1.63. The van der Waals surface area contributed by atoms with E-state index in [9.17, 15) is 4.39 Å². The molecule has 0 radical (unpaired) electrons. The molecule has 25 heavy (non-hydrogen) atoms. The first-order valence-corrected chi connectivity index (χ1v) is 7.70. The third-order valence-electron chi connectivity index (χ3n) is 4.19. The van der Waals surface area contributed by atoms with Crippen molar-refractivity contribution in [1.29, 1.82) is 0 Å². The zero-order chi connectivity index (χ0) is 17.0. The van der Waals surface area contributed by atoms with Crippen molar-refractivity contribution in [2.24, 2.45) is 0 Å². The van der Waals surface area contributed by atoms with Crippen LogP contribution in [0.15, 0.2) is 48.7 Å². The predicted octanol–water partition coefficient (Wildman–Crippen LogP) is 3.57. The fourth-order valence-corrected chi connectivity index (χ4v) is 2.93. The molecule has 0 saturated carbocycles. The second-order valence-corrected chi connectivity index (χ2v) is 5.72. The first-order chi connectivity index (χ1) is 12.2. The van der Waals surface area contributed by atoms with Crippen LogP contribution in [0.1, 0.15) is 0 Å². The SMILES string of the molecule is COc1ccc2[nH]c3nc4nc(-c5ccc(F)cc5)cn4nc3c2c1. The second-order valence-electron chi connectivity index (χ2n) is 5.72. The van der Waals surface area contributed by atoms with E-state index in [1.165, 1.54) is 12.1 Å². The van der Waals surface area contributed by atoms with Crippen molar-refractivity contribution in [2.75, 3.05) is 7.11 Å². The molecule has 0 bridgehead atoms. The summed E-state index contributed by atoms with van der Waals surface area (Å²) in [4.78, 5) is 12.3. The molecule has 2 aromatic carbocycles. The van der Waals surface area contributed by atoms with Crippen molar-refractivity contribution >= 4 is 27.8 Å². The molecule has 0 aliphatic carbocycles. The lowest BCUT2D eigenvalue weighted by atomic mass is 10.2. The van der Waals surface area contributed by atoms with E-state index in [0.717, 1.165) is 27.7 Å². The number of hydrogen-bond donors (Lipinski definition) is 1. The molecular weight excluding hydrogens is 321 g/mol. The van der Waals surface area contributed by atoms with Crippen LogP contribution in [-0.2, 0) is 0 Å². The number of hydrogen-bond acceptors (Lipinski definition) is 4. The zero-order valence-electron chi connectivity index (χ0n) is 13.2. The number of fused-ring (bicyclic) bond motifs is 4. The molecule has 3 heterocycles. The Labute approximate surface area is 140 Å². The summed E-state index contributed by atoms with van der Waals surface area (Å²) in [6.45, 7) is 0. The van der Waals surface area contributed by atoms with Crippen LogP contribution >= 0.6 is 0 Å². The predicted molar refractivity (Wildman–Crippen MR) is 92.1 cm³/mol. The third-order valence-corrected chi connectivity index (χ3v) is 4.19. The maximum atomic E-state index is 13.1. The van der Waals surface area contributed by atoms with Crippen LogP contribution in [0.2, 0.25) is 0 Å². The summed E-state index contributed by atoms with van der Waals surface area (Å²) in [5.74, 6) is 0.954. The Bertz CT molecular complexity index is 1240. The summed E-state index contributed by atoms with van der Waals surface area (Å²) in [5, 5.41) is 5.57. The van der Waals surface area contributed by atoms with Crippen LogP contribution in [0.4, 0.5) is 4.39 Å².